The van der Waals surface area contributed by atoms with Crippen LogP contribution in [0.4, 0.5) is 11.4 Å². The van der Waals surface area contributed by atoms with Crippen molar-refractivity contribution in [3.05, 3.63) is 80.0 Å². The minimum absolute atomic E-state index is 0.277. The van der Waals surface area contributed by atoms with Crippen LogP contribution in [0.15, 0.2) is 53.9 Å². The van der Waals surface area contributed by atoms with Gasteiger partial charge in [-0.2, -0.15) is 0 Å². The van der Waals surface area contributed by atoms with Crippen molar-refractivity contribution in [2.24, 2.45) is 0 Å². The third kappa shape index (κ3) is 4.25. The topological polar surface area (TPSA) is 58.2 Å². The Labute approximate surface area is 164 Å². The molecule has 0 spiro atoms. The monoisotopic (exact) mass is 404 g/mol. The highest BCUT2D eigenvalue weighted by molar-refractivity contribution is 7.12. The van der Waals surface area contributed by atoms with E-state index in [1.165, 1.54) is 17.4 Å². The number of aryl methyl sites for hydroxylation is 1. The average molecular weight is 405 g/mol. The minimum atomic E-state index is -0.348. The predicted molar refractivity (Wildman–Crippen MR) is 108 cm³/mol. The molecule has 2 N–H and O–H groups in total. The molecule has 0 aliphatic carbocycles. The third-order valence-electron chi connectivity index (χ3n) is 3.59. The fraction of sp³-hybridized carbons (Fsp3) is 0.0526. The Hall–Kier alpha value is -2.34. The van der Waals surface area contributed by atoms with E-state index in [-0.39, 0.29) is 11.8 Å². The van der Waals surface area contributed by atoms with Crippen molar-refractivity contribution in [1.82, 2.24) is 0 Å². The Bertz CT molecular complexity index is 972. The Morgan fingerprint density at radius 3 is 2.35 bits per heavy atom. The van der Waals surface area contributed by atoms with Crippen LogP contribution in [0.25, 0.3) is 0 Å². The van der Waals surface area contributed by atoms with Crippen molar-refractivity contribution >= 4 is 57.7 Å². The van der Waals surface area contributed by atoms with E-state index < -0.39 is 0 Å². The molecule has 0 atom stereocenters. The smallest absolute Gasteiger partial charge is 0.265 e. The van der Waals surface area contributed by atoms with Crippen molar-refractivity contribution < 1.29 is 9.59 Å². The molecule has 2 aromatic carbocycles. The molecule has 0 aliphatic heterocycles. The molecule has 0 unspecified atom stereocenters. The van der Waals surface area contributed by atoms with Gasteiger partial charge < -0.3 is 10.6 Å². The zero-order valence-electron chi connectivity index (χ0n) is 13.7. The number of anilines is 2. The fourth-order valence-corrected chi connectivity index (χ4v) is 3.34. The van der Waals surface area contributed by atoms with Crippen LogP contribution in [-0.2, 0) is 0 Å². The number of carbonyl (C=O) groups is 2. The van der Waals surface area contributed by atoms with Gasteiger partial charge in [0.2, 0.25) is 0 Å². The van der Waals surface area contributed by atoms with Gasteiger partial charge in [0.25, 0.3) is 11.8 Å². The van der Waals surface area contributed by atoms with Crippen molar-refractivity contribution in [2.45, 2.75) is 6.92 Å². The molecule has 7 heteroatoms. The van der Waals surface area contributed by atoms with Crippen molar-refractivity contribution in [3.63, 3.8) is 0 Å². The van der Waals surface area contributed by atoms with Gasteiger partial charge in [-0.3, -0.25) is 9.59 Å². The lowest BCUT2D eigenvalue weighted by molar-refractivity contribution is 0.101. The number of hydrogen-bond donors (Lipinski definition) is 2. The maximum Gasteiger partial charge on any atom is 0.265 e. The summed E-state index contributed by atoms with van der Waals surface area (Å²) in [5, 5.41) is 8.10. The fourth-order valence-electron chi connectivity index (χ4n) is 2.27. The number of amides is 2. The highest BCUT2D eigenvalue weighted by atomic mass is 35.5. The standard InChI is InChI=1S/C19H14Cl2N2O2S/c1-11-4-7-15(14(21)9-11)22-18(24)12-5-6-13(20)16(10-12)23-19(25)17-3-2-8-26-17/h2-10H,1H3,(H,22,24)(H,23,25). The molecular weight excluding hydrogens is 391 g/mol. The van der Waals surface area contributed by atoms with Crippen LogP contribution in [0.3, 0.4) is 0 Å². The largest absolute Gasteiger partial charge is 0.321 e. The van der Waals surface area contributed by atoms with Gasteiger partial charge in [0.05, 0.1) is 26.3 Å². The Morgan fingerprint density at radius 1 is 0.885 bits per heavy atom. The number of rotatable bonds is 4. The summed E-state index contributed by atoms with van der Waals surface area (Å²) in [5.41, 5.74) is 2.24. The van der Waals surface area contributed by atoms with E-state index in [0.717, 1.165) is 5.56 Å². The van der Waals surface area contributed by atoms with Crippen molar-refractivity contribution in [3.8, 4) is 0 Å². The number of halogens is 2. The summed E-state index contributed by atoms with van der Waals surface area (Å²) in [6, 6.07) is 13.6. The van der Waals surface area contributed by atoms with Gasteiger partial charge in [0.1, 0.15) is 0 Å². The first-order chi connectivity index (χ1) is 12.4. The molecule has 0 saturated carbocycles. The molecule has 0 radical (unpaired) electrons. The van der Waals surface area contributed by atoms with Gasteiger partial charge in [0, 0.05) is 5.56 Å². The average Bonchev–Trinajstić information content (AvgIpc) is 3.14. The molecule has 2 amide bonds. The van der Waals surface area contributed by atoms with Crippen LogP contribution in [0, 0.1) is 6.92 Å². The van der Waals surface area contributed by atoms with E-state index in [0.29, 0.717) is 31.9 Å². The Kier molecular flexibility index (Phi) is 5.61. The van der Waals surface area contributed by atoms with E-state index in [1.807, 2.05) is 18.4 Å². The molecule has 3 rings (SSSR count). The van der Waals surface area contributed by atoms with Crippen LogP contribution in [0.2, 0.25) is 10.0 Å². The molecule has 26 heavy (non-hydrogen) atoms. The second kappa shape index (κ2) is 7.91. The summed E-state index contributed by atoms with van der Waals surface area (Å²) < 4.78 is 0. The second-order valence-electron chi connectivity index (χ2n) is 5.56. The van der Waals surface area contributed by atoms with Gasteiger partial charge in [-0.1, -0.05) is 35.3 Å². The Morgan fingerprint density at radius 2 is 1.65 bits per heavy atom. The van der Waals surface area contributed by atoms with Crippen molar-refractivity contribution in [2.75, 3.05) is 10.6 Å². The van der Waals surface area contributed by atoms with Gasteiger partial charge in [-0.25, -0.2) is 0 Å². The molecular formula is C19H14Cl2N2O2S. The van der Waals surface area contributed by atoms with Crippen LogP contribution in [0.5, 0.6) is 0 Å². The molecule has 0 bridgehead atoms. The first kappa shape index (κ1) is 18.5. The lowest BCUT2D eigenvalue weighted by Gasteiger charge is -2.11. The highest BCUT2D eigenvalue weighted by Gasteiger charge is 2.14. The number of thiophene rings is 1. The summed E-state index contributed by atoms with van der Waals surface area (Å²) in [5.74, 6) is -0.625. The number of benzene rings is 2. The number of carbonyl (C=O) groups excluding carboxylic acids is 2. The third-order valence-corrected chi connectivity index (χ3v) is 5.11. The maximum absolute atomic E-state index is 12.5. The summed E-state index contributed by atoms with van der Waals surface area (Å²) in [4.78, 5) is 25.3. The molecule has 132 valence electrons. The zero-order valence-corrected chi connectivity index (χ0v) is 16.0. The molecule has 0 saturated heterocycles. The van der Waals surface area contributed by atoms with Crippen LogP contribution >= 0.6 is 34.5 Å². The number of nitrogens with one attached hydrogen (secondary N) is 2. The van der Waals surface area contributed by atoms with Crippen LogP contribution < -0.4 is 10.6 Å². The highest BCUT2D eigenvalue weighted by Crippen LogP contribution is 2.26. The maximum atomic E-state index is 12.5. The van der Waals surface area contributed by atoms with E-state index in [9.17, 15) is 9.59 Å². The van der Waals surface area contributed by atoms with Gasteiger partial charge in [-0.15, -0.1) is 11.3 Å². The molecule has 1 heterocycles. The predicted octanol–water partition coefficient (Wildman–Crippen LogP) is 5.87. The minimum Gasteiger partial charge on any atom is -0.321 e. The molecule has 4 nitrogen and oxygen atoms in total. The second-order valence-corrected chi connectivity index (χ2v) is 7.33. The lowest BCUT2D eigenvalue weighted by atomic mass is 10.1. The van der Waals surface area contributed by atoms with Crippen molar-refractivity contribution in [1.29, 1.82) is 0 Å². The molecule has 0 fully saturated rings. The van der Waals surface area contributed by atoms with E-state index >= 15 is 0 Å². The summed E-state index contributed by atoms with van der Waals surface area (Å²) in [6.45, 7) is 1.92. The summed E-state index contributed by atoms with van der Waals surface area (Å²) in [6.07, 6.45) is 0. The molecule has 3 aromatic rings. The SMILES string of the molecule is Cc1ccc(NC(=O)c2ccc(Cl)c(NC(=O)c3cccs3)c2)c(Cl)c1. The lowest BCUT2D eigenvalue weighted by Crippen LogP contribution is -2.14. The van der Waals surface area contributed by atoms with E-state index in [2.05, 4.69) is 10.6 Å². The zero-order chi connectivity index (χ0) is 18.7. The van der Waals surface area contributed by atoms with E-state index in [1.54, 1.807) is 36.4 Å². The Balaban J connectivity index is 1.80. The quantitative estimate of drug-likeness (QED) is 0.571. The summed E-state index contributed by atoms with van der Waals surface area (Å²) >= 11 is 13.6. The van der Waals surface area contributed by atoms with Crippen LogP contribution in [0.1, 0.15) is 25.6 Å². The molecule has 0 aliphatic rings. The first-order valence-electron chi connectivity index (χ1n) is 7.66. The number of hydrogen-bond acceptors (Lipinski definition) is 3. The van der Waals surface area contributed by atoms with Gasteiger partial charge in [-0.05, 0) is 54.3 Å². The molecule has 1 aromatic heterocycles. The van der Waals surface area contributed by atoms with E-state index in [4.69, 9.17) is 23.2 Å². The first-order valence-corrected chi connectivity index (χ1v) is 9.29. The normalized spacial score (nSPS) is 10.4. The van der Waals surface area contributed by atoms with Gasteiger partial charge in [0.15, 0.2) is 0 Å². The van der Waals surface area contributed by atoms with Crippen LogP contribution in [-0.4, -0.2) is 11.8 Å². The van der Waals surface area contributed by atoms with Gasteiger partial charge >= 0.3 is 0 Å². The summed E-state index contributed by atoms with van der Waals surface area (Å²) in [7, 11) is 0.